The van der Waals surface area contributed by atoms with Crippen LogP contribution in [0.3, 0.4) is 0 Å². The Balaban J connectivity index is 3.35. The number of pyridine rings is 1. The fourth-order valence-electron chi connectivity index (χ4n) is 2.45. The van der Waals surface area contributed by atoms with Crippen LogP contribution in [0.4, 0.5) is 0 Å². The zero-order valence-electron chi connectivity index (χ0n) is 15.4. The summed E-state index contributed by atoms with van der Waals surface area (Å²) in [6.45, 7) is 3.48. The predicted molar refractivity (Wildman–Crippen MR) is 94.9 cm³/mol. The molecule has 0 saturated heterocycles. The molecule has 0 aliphatic carbocycles. The number of rotatable bonds is 10. The molecule has 0 spiro atoms. The van der Waals surface area contributed by atoms with Crippen LogP contribution >= 0.6 is 0 Å². The molecule has 1 rings (SSSR count). The standard InChI is InChI=1S/C16H25N3O5S/c1-3-5-12(6-4-2)25(23,24)10-16(18,15(17)22)14(21)11-7-8-13(20)19-9-11/h7-9,12H,3-6,10,18H2,1-2H3,(H2,17,22)(H,19,20)/t16-/m1/s1/i12D. The van der Waals surface area contributed by atoms with Crippen LogP contribution in [0, 0.1) is 0 Å². The molecule has 0 aliphatic rings. The lowest BCUT2D eigenvalue weighted by Crippen LogP contribution is -2.63. The van der Waals surface area contributed by atoms with E-state index in [4.69, 9.17) is 12.8 Å². The molecule has 140 valence electrons. The number of aromatic amines is 1. The summed E-state index contributed by atoms with van der Waals surface area (Å²) < 4.78 is 34.1. The molecule has 0 radical (unpaired) electrons. The zero-order valence-corrected chi connectivity index (χ0v) is 15.2. The summed E-state index contributed by atoms with van der Waals surface area (Å²) in [5.41, 5.74) is 7.94. The molecule has 0 aliphatic heterocycles. The Hall–Kier alpha value is -2.00. The summed E-state index contributed by atoms with van der Waals surface area (Å²) in [5.74, 6) is -3.41. The molecule has 0 bridgehead atoms. The molecule has 0 aromatic carbocycles. The van der Waals surface area contributed by atoms with E-state index >= 15 is 0 Å². The number of carbonyl (C=O) groups is 2. The van der Waals surface area contributed by atoms with Gasteiger partial charge in [-0.25, -0.2) is 8.42 Å². The predicted octanol–water partition coefficient (Wildman–Crippen LogP) is 0.124. The van der Waals surface area contributed by atoms with Crippen molar-refractivity contribution in [3.05, 3.63) is 34.2 Å². The molecule has 5 N–H and O–H groups in total. The topological polar surface area (TPSA) is 153 Å². The highest BCUT2D eigenvalue weighted by molar-refractivity contribution is 7.92. The van der Waals surface area contributed by atoms with Gasteiger partial charge in [-0.2, -0.15) is 0 Å². The Labute approximate surface area is 148 Å². The van der Waals surface area contributed by atoms with Crippen molar-refractivity contribution < 1.29 is 19.4 Å². The van der Waals surface area contributed by atoms with Crippen molar-refractivity contribution in [2.45, 2.75) is 50.3 Å². The molecule has 1 atom stereocenters. The van der Waals surface area contributed by atoms with Gasteiger partial charge in [-0.1, -0.05) is 26.7 Å². The number of aromatic nitrogens is 1. The van der Waals surface area contributed by atoms with Crippen LogP contribution in [0.2, 0.25) is 0 Å². The highest BCUT2D eigenvalue weighted by atomic mass is 32.2. The molecule has 25 heavy (non-hydrogen) atoms. The first-order valence-corrected chi connectivity index (χ1v) is 9.63. The largest absolute Gasteiger partial charge is 0.368 e. The Morgan fingerprint density at radius 1 is 1.28 bits per heavy atom. The highest BCUT2D eigenvalue weighted by Crippen LogP contribution is 2.21. The van der Waals surface area contributed by atoms with Crippen molar-refractivity contribution in [3.8, 4) is 0 Å². The molecule has 8 nitrogen and oxygen atoms in total. The number of hydrogen-bond donors (Lipinski definition) is 3. The lowest BCUT2D eigenvalue weighted by atomic mass is 9.92. The van der Waals surface area contributed by atoms with E-state index in [2.05, 4.69) is 4.98 Å². The normalized spacial score (nSPS) is 15.2. The van der Waals surface area contributed by atoms with Gasteiger partial charge in [0.2, 0.25) is 11.5 Å². The molecule has 1 amide bonds. The van der Waals surface area contributed by atoms with Crippen LogP contribution in [0.1, 0.15) is 51.3 Å². The second-order valence-electron chi connectivity index (χ2n) is 5.90. The Morgan fingerprint density at radius 2 is 1.84 bits per heavy atom. The smallest absolute Gasteiger partial charge is 0.247 e. The third-order valence-electron chi connectivity index (χ3n) is 3.81. The second kappa shape index (κ2) is 8.39. The van der Waals surface area contributed by atoms with Crippen LogP contribution in [-0.4, -0.2) is 41.6 Å². The number of Topliss-reactive ketones (excluding diaryl/α,β-unsaturated/α-hetero) is 1. The number of ketones is 1. The van der Waals surface area contributed by atoms with Crippen LogP contribution in [-0.2, 0) is 14.6 Å². The summed E-state index contributed by atoms with van der Waals surface area (Å²) in [6, 6.07) is 2.18. The molecule has 0 fully saturated rings. The molecule has 9 heteroatoms. The van der Waals surface area contributed by atoms with Crippen LogP contribution in [0.25, 0.3) is 0 Å². The van der Waals surface area contributed by atoms with E-state index < -0.39 is 43.6 Å². The Bertz CT molecular complexity index is 810. The van der Waals surface area contributed by atoms with Crippen molar-refractivity contribution >= 4 is 21.5 Å². The maximum Gasteiger partial charge on any atom is 0.247 e. The molecule has 0 saturated carbocycles. The van der Waals surface area contributed by atoms with Crippen molar-refractivity contribution in [2.24, 2.45) is 11.5 Å². The van der Waals surface area contributed by atoms with Gasteiger partial charge in [0.15, 0.2) is 21.2 Å². The Kier molecular flexibility index (Phi) is 6.49. The van der Waals surface area contributed by atoms with Crippen LogP contribution < -0.4 is 17.0 Å². The highest BCUT2D eigenvalue weighted by Gasteiger charge is 2.46. The first-order valence-electron chi connectivity index (χ1n) is 8.48. The van der Waals surface area contributed by atoms with Crippen LogP contribution in [0.5, 0.6) is 0 Å². The van der Waals surface area contributed by atoms with Crippen molar-refractivity contribution in [1.29, 1.82) is 0 Å². The first kappa shape index (κ1) is 19.3. The fraction of sp³-hybridized carbons (Fsp3) is 0.562. The van der Waals surface area contributed by atoms with Crippen molar-refractivity contribution in [3.63, 3.8) is 0 Å². The lowest BCUT2D eigenvalue weighted by molar-refractivity contribution is -0.120. The maximum atomic E-state index is 12.9. The van der Waals surface area contributed by atoms with Gasteiger partial charge in [-0.05, 0) is 18.9 Å². The number of primary amides is 1. The summed E-state index contributed by atoms with van der Waals surface area (Å²) in [7, 11) is -4.26. The van der Waals surface area contributed by atoms with E-state index in [0.29, 0.717) is 12.8 Å². The maximum absolute atomic E-state index is 12.9. The molecule has 0 unspecified atom stereocenters. The van der Waals surface area contributed by atoms with Crippen molar-refractivity contribution in [1.82, 2.24) is 4.98 Å². The molecule has 1 heterocycles. The molecular formula is C16H25N3O5S. The molecular weight excluding hydrogens is 346 g/mol. The molecule has 1 aromatic heterocycles. The van der Waals surface area contributed by atoms with E-state index in [0.717, 1.165) is 18.3 Å². The number of amides is 1. The van der Waals surface area contributed by atoms with Crippen LogP contribution in [0.15, 0.2) is 23.1 Å². The van der Waals surface area contributed by atoms with Crippen molar-refractivity contribution in [2.75, 3.05) is 5.75 Å². The average Bonchev–Trinajstić information content (AvgIpc) is 2.54. The van der Waals surface area contributed by atoms with Gasteiger partial charge < -0.3 is 16.5 Å². The number of hydrogen-bond acceptors (Lipinski definition) is 6. The third kappa shape index (κ3) is 4.99. The summed E-state index contributed by atoms with van der Waals surface area (Å²) >= 11 is 0. The number of carbonyl (C=O) groups excluding carboxylic acids is 2. The minimum absolute atomic E-state index is 0.0465. The zero-order chi connectivity index (χ0) is 20.2. The minimum atomic E-state index is -4.26. The van der Waals surface area contributed by atoms with E-state index in [1.54, 1.807) is 13.8 Å². The monoisotopic (exact) mass is 372 g/mol. The van der Waals surface area contributed by atoms with E-state index in [1.165, 1.54) is 0 Å². The number of H-pyrrole nitrogens is 1. The Morgan fingerprint density at radius 3 is 2.24 bits per heavy atom. The lowest BCUT2D eigenvalue weighted by Gasteiger charge is -2.27. The minimum Gasteiger partial charge on any atom is -0.368 e. The number of nitrogens with two attached hydrogens (primary N) is 2. The van der Waals surface area contributed by atoms with Gasteiger partial charge in [0.25, 0.3) is 0 Å². The van der Waals surface area contributed by atoms with Gasteiger partial charge in [-0.15, -0.1) is 0 Å². The van der Waals surface area contributed by atoms with Gasteiger partial charge >= 0.3 is 0 Å². The third-order valence-corrected chi connectivity index (χ3v) is 5.93. The van der Waals surface area contributed by atoms with E-state index in [1.807, 2.05) is 0 Å². The average molecular weight is 372 g/mol. The molecule has 1 aromatic rings. The SMILES string of the molecule is [2H]C(CCC)(CCC)S(=O)(=O)C[C@](N)(C(N)=O)C(=O)c1ccc(=O)[nH]c1. The van der Waals surface area contributed by atoms with Gasteiger partial charge in [0.1, 0.15) is 0 Å². The summed E-state index contributed by atoms with van der Waals surface area (Å²) in [4.78, 5) is 37.9. The summed E-state index contributed by atoms with van der Waals surface area (Å²) in [6.07, 6.45) is 2.00. The summed E-state index contributed by atoms with van der Waals surface area (Å²) in [5, 5.41) is -1.86. The fourth-order valence-corrected chi connectivity index (χ4v) is 4.56. The quantitative estimate of drug-likeness (QED) is 0.392. The van der Waals surface area contributed by atoms with Gasteiger partial charge in [0, 0.05) is 19.2 Å². The van der Waals surface area contributed by atoms with E-state index in [-0.39, 0.29) is 18.4 Å². The first-order chi connectivity index (χ1) is 11.9. The van der Waals surface area contributed by atoms with Gasteiger partial charge in [-0.3, -0.25) is 14.4 Å². The van der Waals surface area contributed by atoms with E-state index in [9.17, 15) is 22.8 Å². The number of nitrogens with one attached hydrogen (secondary N) is 1. The second-order valence-corrected chi connectivity index (χ2v) is 8.00. The number of sulfone groups is 1. The van der Waals surface area contributed by atoms with Gasteiger partial charge in [0.05, 0.1) is 11.0 Å².